The Morgan fingerprint density at radius 3 is 2.11 bits per heavy atom. The van der Waals surface area contributed by atoms with Gasteiger partial charge in [0.05, 0.1) is 4.90 Å². The fourth-order valence-electron chi connectivity index (χ4n) is 2.75. The van der Waals surface area contributed by atoms with Crippen LogP contribution in [0.5, 0.6) is 0 Å². The van der Waals surface area contributed by atoms with Gasteiger partial charge in [-0.15, -0.1) is 0 Å². The number of aliphatic hydroxyl groups is 1. The summed E-state index contributed by atoms with van der Waals surface area (Å²) in [7, 11) is -3.73. The van der Waals surface area contributed by atoms with E-state index in [9.17, 15) is 13.5 Å². The van der Waals surface area contributed by atoms with Gasteiger partial charge < -0.3 is 10.8 Å². The van der Waals surface area contributed by atoms with Crippen LogP contribution in [0.4, 0.5) is 0 Å². The number of amidine groups is 1. The monoisotopic (exact) mass is 283 g/mol. The third kappa shape index (κ3) is 1.85. The summed E-state index contributed by atoms with van der Waals surface area (Å²) in [5.41, 5.74) is 4.25. The smallest absolute Gasteiger partial charge is 0.238 e. The summed E-state index contributed by atoms with van der Waals surface area (Å²) in [6.45, 7) is 3.62. The molecular formula is C12H17N3O3S. The quantitative estimate of drug-likeness (QED) is 0.463. The van der Waals surface area contributed by atoms with E-state index in [1.165, 1.54) is 12.1 Å². The second-order valence-corrected chi connectivity index (χ2v) is 7.01. The molecule has 1 aliphatic carbocycles. The lowest BCUT2D eigenvalue weighted by molar-refractivity contribution is 0.173. The van der Waals surface area contributed by atoms with Crippen molar-refractivity contribution in [2.24, 2.45) is 16.3 Å². The highest BCUT2D eigenvalue weighted by molar-refractivity contribution is 7.89. The van der Waals surface area contributed by atoms with Gasteiger partial charge in [0.25, 0.3) is 0 Å². The maximum absolute atomic E-state index is 11.2. The van der Waals surface area contributed by atoms with Gasteiger partial charge in [-0.3, -0.25) is 5.41 Å². The van der Waals surface area contributed by atoms with Crippen LogP contribution in [0.3, 0.4) is 0 Å². The lowest BCUT2D eigenvalue weighted by Gasteiger charge is -2.10. The van der Waals surface area contributed by atoms with Gasteiger partial charge in [0.1, 0.15) is 11.4 Å². The van der Waals surface area contributed by atoms with Crippen LogP contribution < -0.4 is 10.9 Å². The molecule has 2 unspecified atom stereocenters. The lowest BCUT2D eigenvalue weighted by atomic mass is 10.0. The average Bonchev–Trinajstić information content (AvgIpc) is 2.73. The molecule has 1 saturated carbocycles. The Bertz CT molecular complexity index is 637. The highest BCUT2D eigenvalue weighted by atomic mass is 32.2. The van der Waals surface area contributed by atoms with Gasteiger partial charge in [0, 0.05) is 11.3 Å². The molecule has 0 aliphatic heterocycles. The van der Waals surface area contributed by atoms with Crippen LogP contribution in [-0.2, 0) is 10.0 Å². The Balaban J connectivity index is 2.39. The zero-order valence-corrected chi connectivity index (χ0v) is 11.5. The summed E-state index contributed by atoms with van der Waals surface area (Å²) < 4.78 is 22.3. The molecule has 2 atom stereocenters. The van der Waals surface area contributed by atoms with E-state index in [-0.39, 0.29) is 16.6 Å². The molecule has 1 aromatic carbocycles. The molecule has 0 bridgehead atoms. The van der Waals surface area contributed by atoms with Crippen molar-refractivity contribution >= 4 is 15.9 Å². The maximum Gasteiger partial charge on any atom is 0.238 e. The van der Waals surface area contributed by atoms with Crippen molar-refractivity contribution in [3.8, 4) is 0 Å². The number of hydrogen-bond donors (Lipinski definition) is 4. The van der Waals surface area contributed by atoms with Crippen molar-refractivity contribution in [3.05, 3.63) is 29.8 Å². The molecule has 1 aliphatic rings. The Kier molecular flexibility index (Phi) is 2.78. The number of nitrogens with two attached hydrogens (primary N) is 2. The number of sulfonamides is 1. The van der Waals surface area contributed by atoms with Crippen LogP contribution in [0, 0.1) is 10.8 Å². The molecule has 7 heteroatoms. The van der Waals surface area contributed by atoms with E-state index in [1.54, 1.807) is 12.1 Å². The molecule has 104 valence electrons. The van der Waals surface area contributed by atoms with Crippen molar-refractivity contribution in [2.75, 3.05) is 0 Å². The van der Waals surface area contributed by atoms with Gasteiger partial charge in [-0.25, -0.2) is 13.6 Å². The molecular weight excluding hydrogens is 266 g/mol. The minimum atomic E-state index is -3.73. The predicted molar refractivity (Wildman–Crippen MR) is 71.2 cm³/mol. The van der Waals surface area contributed by atoms with Crippen molar-refractivity contribution in [1.29, 1.82) is 5.41 Å². The van der Waals surface area contributed by atoms with E-state index in [0.29, 0.717) is 0 Å². The first-order valence-corrected chi connectivity index (χ1v) is 7.27. The highest BCUT2D eigenvalue weighted by Gasteiger charge is 2.73. The number of rotatable bonds is 3. The third-order valence-electron chi connectivity index (χ3n) is 3.99. The summed E-state index contributed by atoms with van der Waals surface area (Å²) >= 11 is 0. The van der Waals surface area contributed by atoms with Gasteiger partial charge in [-0.05, 0) is 17.7 Å². The summed E-state index contributed by atoms with van der Waals surface area (Å²) in [5.74, 6) is -0.606. The number of nitrogens with one attached hydrogen (secondary N) is 1. The summed E-state index contributed by atoms with van der Waals surface area (Å²) in [4.78, 5) is 0.0149. The van der Waals surface area contributed by atoms with Gasteiger partial charge in [-0.1, -0.05) is 26.0 Å². The molecule has 6 N–H and O–H groups in total. The molecule has 0 radical (unpaired) electrons. The second kappa shape index (κ2) is 3.78. The van der Waals surface area contributed by atoms with Crippen molar-refractivity contribution < 1.29 is 13.5 Å². The van der Waals surface area contributed by atoms with Crippen LogP contribution in [0.1, 0.15) is 25.3 Å². The molecule has 0 heterocycles. The minimum absolute atomic E-state index is 0.0149. The fourth-order valence-corrected chi connectivity index (χ4v) is 3.27. The molecule has 0 saturated heterocycles. The number of benzene rings is 1. The van der Waals surface area contributed by atoms with Gasteiger partial charge >= 0.3 is 0 Å². The summed E-state index contributed by atoms with van der Waals surface area (Å²) in [6.07, 6.45) is 0. The standard InChI is InChI=1S/C12H17N3O3S/c1-11(2)9(12(11,16)10(13)14)7-3-5-8(6-4-7)19(15,17)18/h3-6,9,16H,1-2H3,(H3,13,14)(H2,15,17,18). The molecule has 0 aromatic heterocycles. The van der Waals surface area contributed by atoms with Crippen LogP contribution in [0.15, 0.2) is 29.2 Å². The van der Waals surface area contributed by atoms with Crippen LogP contribution in [0.2, 0.25) is 0 Å². The largest absolute Gasteiger partial charge is 0.385 e. The normalized spacial score (nSPS) is 28.9. The van der Waals surface area contributed by atoms with Gasteiger partial charge in [0.2, 0.25) is 10.0 Å². The van der Waals surface area contributed by atoms with Gasteiger partial charge in [-0.2, -0.15) is 0 Å². The van der Waals surface area contributed by atoms with E-state index in [1.807, 2.05) is 13.8 Å². The van der Waals surface area contributed by atoms with Crippen LogP contribution in [-0.4, -0.2) is 25.0 Å². The van der Waals surface area contributed by atoms with E-state index in [0.717, 1.165) is 5.56 Å². The number of hydrogen-bond acceptors (Lipinski definition) is 4. The lowest BCUT2D eigenvalue weighted by Crippen LogP contribution is -2.34. The molecule has 2 rings (SSSR count). The average molecular weight is 283 g/mol. The SMILES string of the molecule is CC1(C)C(c2ccc(S(N)(=O)=O)cc2)C1(O)C(=N)N. The predicted octanol–water partition coefficient (Wildman–Crippen LogP) is 0.124. The topological polar surface area (TPSA) is 130 Å². The highest BCUT2D eigenvalue weighted by Crippen LogP contribution is 2.67. The van der Waals surface area contributed by atoms with Crippen LogP contribution in [0.25, 0.3) is 0 Å². The molecule has 0 amide bonds. The van der Waals surface area contributed by atoms with Gasteiger partial charge in [0.15, 0.2) is 0 Å². The molecule has 0 spiro atoms. The van der Waals surface area contributed by atoms with E-state index < -0.39 is 21.0 Å². The molecule has 6 nitrogen and oxygen atoms in total. The van der Waals surface area contributed by atoms with E-state index in [2.05, 4.69) is 0 Å². The van der Waals surface area contributed by atoms with E-state index in [4.69, 9.17) is 16.3 Å². The first kappa shape index (κ1) is 14.0. The Morgan fingerprint density at radius 2 is 1.79 bits per heavy atom. The van der Waals surface area contributed by atoms with Crippen molar-refractivity contribution in [3.63, 3.8) is 0 Å². The van der Waals surface area contributed by atoms with E-state index >= 15 is 0 Å². The van der Waals surface area contributed by atoms with Crippen molar-refractivity contribution in [2.45, 2.75) is 30.3 Å². The second-order valence-electron chi connectivity index (χ2n) is 5.45. The molecule has 1 aromatic rings. The first-order valence-electron chi connectivity index (χ1n) is 5.72. The summed E-state index contributed by atoms with van der Waals surface area (Å²) in [5, 5.41) is 22.9. The van der Waals surface area contributed by atoms with Crippen LogP contribution >= 0.6 is 0 Å². The zero-order valence-electron chi connectivity index (χ0n) is 10.7. The maximum atomic E-state index is 11.2. The minimum Gasteiger partial charge on any atom is -0.385 e. The third-order valence-corrected chi connectivity index (χ3v) is 4.92. The fraction of sp³-hybridized carbons (Fsp3) is 0.417. The molecule has 19 heavy (non-hydrogen) atoms. The molecule has 1 fully saturated rings. The Morgan fingerprint density at radius 1 is 1.32 bits per heavy atom. The zero-order chi connectivity index (χ0) is 14.6. The first-order chi connectivity index (χ1) is 8.53. The summed E-state index contributed by atoms with van der Waals surface area (Å²) in [6, 6.07) is 5.96. The Labute approximate surface area is 112 Å². The Hall–Kier alpha value is -1.44. The van der Waals surface area contributed by atoms with Crippen molar-refractivity contribution in [1.82, 2.24) is 0 Å². The number of primary sulfonamides is 1.